The Morgan fingerprint density at radius 2 is 2.07 bits per heavy atom. The quantitative estimate of drug-likeness (QED) is 0.539. The summed E-state index contributed by atoms with van der Waals surface area (Å²) in [5.74, 6) is -0.0718. The predicted octanol–water partition coefficient (Wildman–Crippen LogP) is 4.89. The largest absolute Gasteiger partial charge is 0.379 e. The molecule has 0 spiro atoms. The third kappa shape index (κ3) is 5.55. The molecule has 2 aromatic carbocycles. The van der Waals surface area contributed by atoms with Crippen LogP contribution in [0.3, 0.4) is 0 Å². The average Bonchev–Trinajstić information content (AvgIpc) is 3.19. The normalized spacial score (nSPS) is 14.6. The molecule has 0 unspecified atom stereocenters. The Bertz CT molecular complexity index is 1030. The fourth-order valence-electron chi connectivity index (χ4n) is 3.42. The smallest absolute Gasteiger partial charge is 0.230 e. The number of nitrogens with one attached hydrogen (secondary N) is 1. The number of morpholine rings is 1. The van der Waals surface area contributed by atoms with E-state index >= 15 is 0 Å². The van der Waals surface area contributed by atoms with E-state index in [1.807, 2.05) is 30.5 Å². The van der Waals surface area contributed by atoms with Crippen molar-refractivity contribution in [1.82, 2.24) is 9.88 Å². The first kappa shape index (κ1) is 21.2. The van der Waals surface area contributed by atoms with Crippen molar-refractivity contribution in [3.63, 3.8) is 0 Å². The van der Waals surface area contributed by atoms with Crippen molar-refractivity contribution in [3.05, 3.63) is 69.1 Å². The van der Waals surface area contributed by atoms with E-state index < -0.39 is 0 Å². The third-order valence-electron chi connectivity index (χ3n) is 4.98. The minimum Gasteiger partial charge on any atom is -0.379 e. The predicted molar refractivity (Wildman–Crippen MR) is 125 cm³/mol. The zero-order valence-electron chi connectivity index (χ0n) is 16.9. The standard InChI is InChI=1S/C23H24BrN3O2S/c1-16-5-6-21(20(24)11-16)26-22(28)13-19-15-30-23(25-19)18-4-2-3-17(12-18)14-27-7-9-29-10-8-27/h2-6,11-12,15H,7-10,13-14H2,1H3,(H,26,28). The van der Waals surface area contributed by atoms with Gasteiger partial charge in [-0.25, -0.2) is 4.98 Å². The van der Waals surface area contributed by atoms with Gasteiger partial charge in [0.2, 0.25) is 5.91 Å². The molecule has 2 heterocycles. The molecule has 0 atom stereocenters. The molecule has 5 nitrogen and oxygen atoms in total. The van der Waals surface area contributed by atoms with Gasteiger partial charge < -0.3 is 10.1 Å². The zero-order chi connectivity index (χ0) is 20.9. The highest BCUT2D eigenvalue weighted by atomic mass is 79.9. The van der Waals surface area contributed by atoms with E-state index in [0.29, 0.717) is 0 Å². The number of carbonyl (C=O) groups is 1. The maximum absolute atomic E-state index is 12.5. The number of aromatic nitrogens is 1. The SMILES string of the molecule is Cc1ccc(NC(=O)Cc2csc(-c3cccc(CN4CCOCC4)c3)n2)c(Br)c1. The lowest BCUT2D eigenvalue weighted by molar-refractivity contribution is -0.115. The van der Waals surface area contributed by atoms with Crippen molar-refractivity contribution in [1.29, 1.82) is 0 Å². The van der Waals surface area contributed by atoms with Crippen molar-refractivity contribution in [3.8, 4) is 10.6 Å². The molecule has 1 fully saturated rings. The monoisotopic (exact) mass is 485 g/mol. The van der Waals surface area contributed by atoms with Crippen LogP contribution in [0, 0.1) is 6.92 Å². The summed E-state index contributed by atoms with van der Waals surface area (Å²) in [6, 6.07) is 14.4. The van der Waals surface area contributed by atoms with Crippen molar-refractivity contribution in [2.45, 2.75) is 19.9 Å². The molecule has 0 bridgehead atoms. The van der Waals surface area contributed by atoms with E-state index in [1.54, 1.807) is 11.3 Å². The number of rotatable bonds is 6. The summed E-state index contributed by atoms with van der Waals surface area (Å²) < 4.78 is 6.31. The number of hydrogen-bond acceptors (Lipinski definition) is 5. The number of anilines is 1. The molecule has 1 aliphatic heterocycles. The van der Waals surface area contributed by atoms with Crippen LogP contribution >= 0.6 is 27.3 Å². The molecule has 0 aliphatic carbocycles. The molecule has 0 saturated carbocycles. The number of hydrogen-bond donors (Lipinski definition) is 1. The third-order valence-corrected chi connectivity index (χ3v) is 6.57. The fourth-order valence-corrected chi connectivity index (χ4v) is 4.83. The number of carbonyl (C=O) groups excluding carboxylic acids is 1. The highest BCUT2D eigenvalue weighted by Gasteiger charge is 2.13. The van der Waals surface area contributed by atoms with Gasteiger partial charge in [0.1, 0.15) is 5.01 Å². The summed E-state index contributed by atoms with van der Waals surface area (Å²) in [4.78, 5) is 19.6. The molecular formula is C23H24BrN3O2S. The molecule has 30 heavy (non-hydrogen) atoms. The number of amides is 1. The van der Waals surface area contributed by atoms with Gasteiger partial charge in [0, 0.05) is 35.1 Å². The molecule has 156 valence electrons. The van der Waals surface area contributed by atoms with E-state index in [9.17, 15) is 4.79 Å². The molecule has 7 heteroatoms. The number of halogens is 1. The molecule has 3 aromatic rings. The van der Waals surface area contributed by atoms with Gasteiger partial charge in [-0.1, -0.05) is 24.3 Å². The molecule has 1 aliphatic rings. The topological polar surface area (TPSA) is 54.5 Å². The van der Waals surface area contributed by atoms with Gasteiger partial charge >= 0.3 is 0 Å². The van der Waals surface area contributed by atoms with Crippen LogP contribution in [0.1, 0.15) is 16.8 Å². The summed E-state index contributed by atoms with van der Waals surface area (Å²) >= 11 is 5.08. The maximum atomic E-state index is 12.5. The van der Waals surface area contributed by atoms with Crippen LogP contribution in [0.2, 0.25) is 0 Å². The van der Waals surface area contributed by atoms with Crippen molar-refractivity contribution in [2.75, 3.05) is 31.6 Å². The van der Waals surface area contributed by atoms with Crippen LogP contribution in [-0.2, 0) is 22.5 Å². The first-order chi connectivity index (χ1) is 14.6. The van der Waals surface area contributed by atoms with Crippen LogP contribution in [0.5, 0.6) is 0 Å². The first-order valence-corrected chi connectivity index (χ1v) is 11.6. The van der Waals surface area contributed by atoms with Gasteiger partial charge in [-0.3, -0.25) is 9.69 Å². The fraction of sp³-hybridized carbons (Fsp3) is 0.304. The number of nitrogens with zero attached hydrogens (tertiary/aromatic N) is 2. The van der Waals surface area contributed by atoms with E-state index in [1.165, 1.54) is 5.56 Å². The van der Waals surface area contributed by atoms with Crippen LogP contribution in [-0.4, -0.2) is 42.1 Å². The molecule has 1 aromatic heterocycles. The van der Waals surface area contributed by atoms with E-state index in [-0.39, 0.29) is 12.3 Å². The summed E-state index contributed by atoms with van der Waals surface area (Å²) in [5, 5.41) is 5.86. The van der Waals surface area contributed by atoms with Crippen LogP contribution < -0.4 is 5.32 Å². The van der Waals surface area contributed by atoms with Crippen LogP contribution in [0.4, 0.5) is 5.69 Å². The summed E-state index contributed by atoms with van der Waals surface area (Å²) in [7, 11) is 0. The Kier molecular flexibility index (Phi) is 6.94. The summed E-state index contributed by atoms with van der Waals surface area (Å²) in [5.41, 5.74) is 5.07. The van der Waals surface area contributed by atoms with Gasteiger partial charge in [0.05, 0.1) is 31.0 Å². The second-order valence-electron chi connectivity index (χ2n) is 7.44. The Balaban J connectivity index is 1.40. The average molecular weight is 486 g/mol. The van der Waals surface area contributed by atoms with E-state index in [2.05, 4.69) is 50.4 Å². The number of ether oxygens (including phenoxy) is 1. The first-order valence-electron chi connectivity index (χ1n) is 9.96. The molecule has 0 radical (unpaired) electrons. The van der Waals surface area contributed by atoms with Gasteiger partial charge in [-0.15, -0.1) is 11.3 Å². The maximum Gasteiger partial charge on any atom is 0.230 e. The molecule has 1 amide bonds. The number of benzene rings is 2. The van der Waals surface area contributed by atoms with Gasteiger partial charge in [-0.2, -0.15) is 0 Å². The lowest BCUT2D eigenvalue weighted by Crippen LogP contribution is -2.35. The second kappa shape index (κ2) is 9.83. The van der Waals surface area contributed by atoms with Crippen LogP contribution in [0.25, 0.3) is 10.6 Å². The lowest BCUT2D eigenvalue weighted by Gasteiger charge is -2.26. The molecule has 1 saturated heterocycles. The second-order valence-corrected chi connectivity index (χ2v) is 9.15. The van der Waals surface area contributed by atoms with Crippen LogP contribution in [0.15, 0.2) is 52.3 Å². The zero-order valence-corrected chi connectivity index (χ0v) is 19.3. The molecule has 4 rings (SSSR count). The summed E-state index contributed by atoms with van der Waals surface area (Å²) in [6.07, 6.45) is 0.254. The minimum absolute atomic E-state index is 0.0718. The van der Waals surface area contributed by atoms with Crippen molar-refractivity contribution < 1.29 is 9.53 Å². The Hall–Kier alpha value is -2.06. The van der Waals surface area contributed by atoms with E-state index in [4.69, 9.17) is 9.72 Å². The van der Waals surface area contributed by atoms with Crippen molar-refractivity contribution in [2.24, 2.45) is 0 Å². The van der Waals surface area contributed by atoms with Gasteiger partial charge in [-0.05, 0) is 52.2 Å². The van der Waals surface area contributed by atoms with Gasteiger partial charge in [0.15, 0.2) is 0 Å². The van der Waals surface area contributed by atoms with E-state index in [0.717, 1.165) is 64.8 Å². The Morgan fingerprint density at radius 1 is 1.23 bits per heavy atom. The van der Waals surface area contributed by atoms with Gasteiger partial charge in [0.25, 0.3) is 0 Å². The lowest BCUT2D eigenvalue weighted by atomic mass is 10.1. The molecule has 1 N–H and O–H groups in total. The Morgan fingerprint density at radius 3 is 2.87 bits per heavy atom. The summed E-state index contributed by atoms with van der Waals surface area (Å²) in [6.45, 7) is 6.48. The van der Waals surface area contributed by atoms with Crippen molar-refractivity contribution >= 4 is 38.9 Å². The molecular weight excluding hydrogens is 462 g/mol. The Labute approximate surface area is 189 Å². The number of aryl methyl sites for hydroxylation is 1. The minimum atomic E-state index is -0.0718. The highest BCUT2D eigenvalue weighted by Crippen LogP contribution is 2.26. The highest BCUT2D eigenvalue weighted by molar-refractivity contribution is 9.10. The number of thiazole rings is 1.